The number of rotatable bonds is 0. The van der Waals surface area contributed by atoms with E-state index in [1.165, 1.54) is 0 Å². The minimum atomic E-state index is 0.208. The van der Waals surface area contributed by atoms with Crippen molar-refractivity contribution in [2.45, 2.75) is 22.8 Å². The van der Waals surface area contributed by atoms with Crippen LogP contribution in [0.3, 0.4) is 0 Å². The molecule has 0 aromatic heterocycles. The Morgan fingerprint density at radius 1 is 0.417 bits per heavy atom. The molecule has 0 saturated carbocycles. The van der Waals surface area contributed by atoms with Gasteiger partial charge in [0.05, 0.1) is 0 Å². The Morgan fingerprint density at radius 2 is 0.708 bits per heavy atom. The zero-order valence-electron chi connectivity index (χ0n) is 14.3. The number of hydrogen-bond donors (Lipinski definition) is 0. The topological polar surface area (TPSA) is 64.6 Å². The van der Waals surface area contributed by atoms with Crippen LogP contribution in [0.4, 0.5) is 0 Å². The summed E-state index contributed by atoms with van der Waals surface area (Å²) in [4.78, 5) is 0. The van der Waals surface area contributed by atoms with Crippen molar-refractivity contribution in [3.63, 3.8) is 0 Å². The minimum absolute atomic E-state index is 0.208. The van der Waals surface area contributed by atoms with Gasteiger partial charge in [-0.15, -0.1) is 0 Å². The molecule has 2 aliphatic heterocycles. The van der Waals surface area contributed by atoms with Gasteiger partial charge in [-0.05, 0) is 0 Å². The zero-order valence-corrected chi connectivity index (χ0v) is 16.0. The Labute approximate surface area is 150 Å². The third-order valence-corrected chi connectivity index (χ3v) is 5.95. The molecule has 0 spiro atoms. The fourth-order valence-corrected chi connectivity index (χ4v) is 4.89. The summed E-state index contributed by atoms with van der Waals surface area (Å²) in [5.74, 6) is 0. The van der Waals surface area contributed by atoms with E-state index in [0.717, 1.165) is 10.6 Å². The summed E-state index contributed by atoms with van der Waals surface area (Å²) in [7, 11) is 0. The fourth-order valence-electron chi connectivity index (χ4n) is 2.32. The number of ether oxygens (including phenoxy) is 7. The molecule has 0 unspecified atom stereocenters. The van der Waals surface area contributed by atoms with E-state index in [1.807, 2.05) is 0 Å². The Kier molecular flexibility index (Phi) is 12.3. The quantitative estimate of drug-likeness (QED) is 0.533. The van der Waals surface area contributed by atoms with E-state index >= 15 is 0 Å². The molecule has 24 heavy (non-hydrogen) atoms. The van der Waals surface area contributed by atoms with Crippen LogP contribution in [0, 0.1) is 0 Å². The molecular weight excluding hydrogens is 383 g/mol. The summed E-state index contributed by atoms with van der Waals surface area (Å²) in [5, 5.41) is 2.24. The van der Waals surface area contributed by atoms with Crippen molar-refractivity contribution in [3.8, 4) is 0 Å². The third kappa shape index (κ3) is 9.65. The van der Waals surface area contributed by atoms with Crippen molar-refractivity contribution in [2.75, 3.05) is 79.3 Å². The van der Waals surface area contributed by atoms with Crippen LogP contribution in [0.25, 0.3) is 0 Å². The predicted octanol–water partition coefficient (Wildman–Crippen LogP) is 0.408. The summed E-state index contributed by atoms with van der Waals surface area (Å²) in [6.45, 7) is 7.03. The molecule has 2 aliphatic rings. The molecule has 0 radical (unpaired) electrons. The molecule has 0 amide bonds. The molecular formula is C16H30O7Se. The second-order valence-electron chi connectivity index (χ2n) is 5.42. The van der Waals surface area contributed by atoms with Crippen molar-refractivity contribution < 1.29 is 33.2 Å². The van der Waals surface area contributed by atoms with E-state index in [4.69, 9.17) is 33.2 Å². The molecule has 0 aromatic carbocycles. The van der Waals surface area contributed by atoms with E-state index in [-0.39, 0.29) is 12.2 Å². The Morgan fingerprint density at radius 3 is 1.04 bits per heavy atom. The number of fused-ring (bicyclic) bond motifs is 1. The van der Waals surface area contributed by atoms with E-state index < -0.39 is 0 Å². The Bertz CT molecular complexity index is 270. The van der Waals surface area contributed by atoms with Crippen molar-refractivity contribution in [3.05, 3.63) is 0 Å². The van der Waals surface area contributed by atoms with Gasteiger partial charge in [-0.25, -0.2) is 0 Å². The van der Waals surface area contributed by atoms with Crippen LogP contribution in [-0.2, 0) is 33.2 Å². The Balaban J connectivity index is 1.61. The summed E-state index contributed by atoms with van der Waals surface area (Å²) in [6, 6.07) is 0. The zero-order chi connectivity index (χ0) is 16.7. The molecule has 8 heteroatoms. The fraction of sp³-hybridized carbons (Fsp3) is 1.00. The molecule has 2 rings (SSSR count). The van der Waals surface area contributed by atoms with Crippen molar-refractivity contribution in [1.29, 1.82) is 0 Å². The summed E-state index contributed by atoms with van der Waals surface area (Å²) in [6.07, 6.45) is 0.416. The van der Waals surface area contributed by atoms with Crippen molar-refractivity contribution in [2.24, 2.45) is 0 Å². The van der Waals surface area contributed by atoms with Gasteiger partial charge in [0.15, 0.2) is 0 Å². The van der Waals surface area contributed by atoms with Gasteiger partial charge in [-0.2, -0.15) is 0 Å². The van der Waals surface area contributed by atoms with Crippen LogP contribution in [0.15, 0.2) is 0 Å². The molecule has 0 aliphatic carbocycles. The van der Waals surface area contributed by atoms with Gasteiger partial charge in [0.2, 0.25) is 0 Å². The van der Waals surface area contributed by atoms with Gasteiger partial charge in [0, 0.05) is 0 Å². The molecule has 2 saturated heterocycles. The summed E-state index contributed by atoms with van der Waals surface area (Å²) >= 11 is 0.620. The van der Waals surface area contributed by atoms with Crippen molar-refractivity contribution >= 4 is 15.0 Å². The second kappa shape index (κ2) is 14.4. The molecule has 7 nitrogen and oxygen atoms in total. The number of hydrogen-bond acceptors (Lipinski definition) is 7. The van der Waals surface area contributed by atoms with Gasteiger partial charge in [0.25, 0.3) is 0 Å². The van der Waals surface area contributed by atoms with Crippen LogP contribution in [0.5, 0.6) is 0 Å². The molecule has 142 valence electrons. The van der Waals surface area contributed by atoms with Crippen molar-refractivity contribution in [1.82, 2.24) is 0 Å². The van der Waals surface area contributed by atoms with Gasteiger partial charge < -0.3 is 0 Å². The van der Waals surface area contributed by atoms with E-state index in [9.17, 15) is 0 Å². The van der Waals surface area contributed by atoms with Gasteiger partial charge in [-0.1, -0.05) is 0 Å². The maximum absolute atomic E-state index is 5.91. The summed E-state index contributed by atoms with van der Waals surface area (Å²) < 4.78 is 39.1. The van der Waals surface area contributed by atoms with Gasteiger partial charge in [-0.3, -0.25) is 0 Å². The average molecular weight is 413 g/mol. The van der Waals surface area contributed by atoms with Gasteiger partial charge in [0.1, 0.15) is 0 Å². The Hall–Kier alpha value is 0.239. The van der Waals surface area contributed by atoms with Crippen LogP contribution in [-0.4, -0.2) is 106 Å². The van der Waals surface area contributed by atoms with Crippen LogP contribution in [0.2, 0.25) is 10.6 Å². The molecule has 2 atom stereocenters. The maximum atomic E-state index is 5.91. The van der Waals surface area contributed by atoms with Crippen LogP contribution < -0.4 is 0 Å². The molecule has 0 aromatic rings. The molecule has 0 N–H and O–H groups in total. The first-order chi connectivity index (χ1) is 12.0. The summed E-state index contributed by atoms with van der Waals surface area (Å²) in [5.41, 5.74) is 0. The van der Waals surface area contributed by atoms with E-state index in [1.54, 1.807) is 0 Å². The normalized spacial score (nSPS) is 31.0. The first kappa shape index (κ1) is 20.6. The second-order valence-corrected chi connectivity index (χ2v) is 7.67. The monoisotopic (exact) mass is 414 g/mol. The van der Waals surface area contributed by atoms with Crippen LogP contribution in [0.1, 0.15) is 0 Å². The van der Waals surface area contributed by atoms with Crippen LogP contribution >= 0.6 is 0 Å². The first-order valence-electron chi connectivity index (χ1n) is 8.66. The van der Waals surface area contributed by atoms with E-state index in [2.05, 4.69) is 0 Å². The molecule has 2 heterocycles. The average Bonchev–Trinajstić information content (AvgIpc) is 3.03. The molecule has 2 fully saturated rings. The standard InChI is InChI=1S/C16H30O7Se/c1-3-18-5-7-20-9-11-22-15-13-24-14-16(15)23-12-10-21-8-6-19-4-2-17-1/h15-16H,1-14H2/t15-,16-/m0/s1. The first-order valence-corrected chi connectivity index (χ1v) is 11.1. The van der Waals surface area contributed by atoms with E-state index in [0.29, 0.717) is 94.2 Å². The third-order valence-electron chi connectivity index (χ3n) is 3.59. The molecule has 0 bridgehead atoms. The SMILES string of the molecule is C1COCCOCCO[C@H]2C[Se]C[C@@H]2OCCOCCOCCO1. The van der Waals surface area contributed by atoms with Gasteiger partial charge >= 0.3 is 150 Å². The predicted molar refractivity (Wildman–Crippen MR) is 88.9 cm³/mol.